The number of alkyl halides is 1. The first-order valence-corrected chi connectivity index (χ1v) is 8.96. The average molecular weight is 372 g/mol. The normalized spacial score (nSPS) is 11.8. The molecule has 0 bridgehead atoms. The van der Waals surface area contributed by atoms with E-state index in [0.29, 0.717) is 5.33 Å². The van der Waals surface area contributed by atoms with E-state index >= 15 is 0 Å². The average Bonchev–Trinajstić information content (AvgIpc) is 2.48. The maximum Gasteiger partial charge on any atom is 0.246 e. The van der Waals surface area contributed by atoms with Gasteiger partial charge in [0.25, 0.3) is 0 Å². The SMILES string of the molecule is O=S(=O)(c1ccccc1F)N(CCBr)Cc1ccccc1. The van der Waals surface area contributed by atoms with Crippen molar-refractivity contribution in [2.24, 2.45) is 0 Å². The number of halogens is 2. The highest BCUT2D eigenvalue weighted by atomic mass is 79.9. The van der Waals surface area contributed by atoms with Crippen LogP contribution in [0.1, 0.15) is 5.56 Å². The third kappa shape index (κ3) is 3.90. The molecule has 2 aromatic rings. The molecule has 0 fully saturated rings. The van der Waals surface area contributed by atoms with Gasteiger partial charge in [0, 0.05) is 18.4 Å². The Hall–Kier alpha value is -1.24. The van der Waals surface area contributed by atoms with Crippen LogP contribution in [0, 0.1) is 5.82 Å². The molecular weight excluding hydrogens is 357 g/mol. The number of hydrogen-bond donors (Lipinski definition) is 0. The summed E-state index contributed by atoms with van der Waals surface area (Å²) in [6.07, 6.45) is 0. The van der Waals surface area contributed by atoms with Crippen molar-refractivity contribution in [3.63, 3.8) is 0 Å². The van der Waals surface area contributed by atoms with Crippen LogP contribution in [0.3, 0.4) is 0 Å². The van der Waals surface area contributed by atoms with Crippen LogP contribution in [0.25, 0.3) is 0 Å². The Morgan fingerprint density at radius 1 is 1.00 bits per heavy atom. The molecule has 0 atom stereocenters. The lowest BCUT2D eigenvalue weighted by atomic mass is 10.2. The fourth-order valence-corrected chi connectivity index (χ4v) is 4.12. The van der Waals surface area contributed by atoms with E-state index < -0.39 is 15.8 Å². The van der Waals surface area contributed by atoms with E-state index in [1.165, 1.54) is 22.5 Å². The molecule has 6 heteroatoms. The van der Waals surface area contributed by atoms with Crippen LogP contribution in [0.2, 0.25) is 0 Å². The quantitative estimate of drug-likeness (QED) is 0.729. The van der Waals surface area contributed by atoms with E-state index in [2.05, 4.69) is 15.9 Å². The molecule has 0 radical (unpaired) electrons. The Labute approximate surface area is 132 Å². The molecule has 0 aliphatic carbocycles. The zero-order valence-corrected chi connectivity index (χ0v) is 13.6. The van der Waals surface area contributed by atoms with E-state index in [4.69, 9.17) is 0 Å². The molecule has 0 aliphatic rings. The molecule has 0 saturated carbocycles. The van der Waals surface area contributed by atoms with Gasteiger partial charge in [-0.3, -0.25) is 0 Å². The summed E-state index contributed by atoms with van der Waals surface area (Å²) in [6, 6.07) is 14.7. The van der Waals surface area contributed by atoms with Gasteiger partial charge < -0.3 is 0 Å². The van der Waals surface area contributed by atoms with Gasteiger partial charge in [0.05, 0.1) is 0 Å². The molecule has 0 saturated heterocycles. The van der Waals surface area contributed by atoms with Gasteiger partial charge in [-0.05, 0) is 17.7 Å². The fourth-order valence-electron chi connectivity index (χ4n) is 1.96. The van der Waals surface area contributed by atoms with E-state index in [1.807, 2.05) is 30.3 Å². The van der Waals surface area contributed by atoms with Crippen LogP contribution in [0.15, 0.2) is 59.5 Å². The second kappa shape index (κ2) is 7.15. The molecule has 0 N–H and O–H groups in total. The van der Waals surface area contributed by atoms with Crippen LogP contribution in [0.5, 0.6) is 0 Å². The minimum absolute atomic E-state index is 0.211. The number of sulfonamides is 1. The number of hydrogen-bond acceptors (Lipinski definition) is 2. The highest BCUT2D eigenvalue weighted by Crippen LogP contribution is 2.21. The third-order valence-corrected chi connectivity index (χ3v) is 5.22. The van der Waals surface area contributed by atoms with Crippen LogP contribution < -0.4 is 0 Å². The standard InChI is InChI=1S/C15H15BrFNO2S/c16-10-11-18(12-13-6-2-1-3-7-13)21(19,20)15-9-5-4-8-14(15)17/h1-9H,10-12H2. The summed E-state index contributed by atoms with van der Waals surface area (Å²) in [5.74, 6) is -0.731. The number of nitrogens with zero attached hydrogens (tertiary/aromatic N) is 1. The zero-order valence-electron chi connectivity index (χ0n) is 11.2. The Balaban J connectivity index is 2.35. The van der Waals surface area contributed by atoms with Crippen LogP contribution in [-0.4, -0.2) is 24.6 Å². The van der Waals surface area contributed by atoms with Crippen molar-refractivity contribution in [1.82, 2.24) is 4.31 Å². The molecule has 2 rings (SSSR count). The highest BCUT2D eigenvalue weighted by molar-refractivity contribution is 9.09. The molecule has 3 nitrogen and oxygen atoms in total. The van der Waals surface area contributed by atoms with E-state index in [0.717, 1.165) is 11.6 Å². The summed E-state index contributed by atoms with van der Waals surface area (Å²) in [6.45, 7) is 0.481. The van der Waals surface area contributed by atoms with Crippen molar-refractivity contribution in [3.05, 3.63) is 66.0 Å². The topological polar surface area (TPSA) is 37.4 Å². The van der Waals surface area contributed by atoms with Crippen LogP contribution in [-0.2, 0) is 16.6 Å². The van der Waals surface area contributed by atoms with Gasteiger partial charge in [0.2, 0.25) is 10.0 Å². The fraction of sp³-hybridized carbons (Fsp3) is 0.200. The molecule has 112 valence electrons. The van der Waals surface area contributed by atoms with Gasteiger partial charge in [-0.15, -0.1) is 0 Å². The minimum Gasteiger partial charge on any atom is -0.207 e. The maximum absolute atomic E-state index is 13.8. The van der Waals surface area contributed by atoms with E-state index in [9.17, 15) is 12.8 Å². The van der Waals surface area contributed by atoms with Gasteiger partial charge in [-0.25, -0.2) is 12.8 Å². The molecule has 0 heterocycles. The Bertz CT molecular complexity index is 692. The predicted octanol–water partition coefficient (Wildman–Crippen LogP) is 3.41. The van der Waals surface area contributed by atoms with Crippen molar-refractivity contribution in [2.75, 3.05) is 11.9 Å². The van der Waals surface area contributed by atoms with Crippen molar-refractivity contribution in [3.8, 4) is 0 Å². The summed E-state index contributed by atoms with van der Waals surface area (Å²) in [5, 5.41) is 0.480. The monoisotopic (exact) mass is 371 g/mol. The van der Waals surface area contributed by atoms with Gasteiger partial charge in [-0.2, -0.15) is 4.31 Å². The molecule has 0 unspecified atom stereocenters. The minimum atomic E-state index is -3.86. The number of rotatable bonds is 6. The van der Waals surface area contributed by atoms with Crippen LogP contribution in [0.4, 0.5) is 4.39 Å². The van der Waals surface area contributed by atoms with Crippen molar-refractivity contribution in [1.29, 1.82) is 0 Å². The first kappa shape index (κ1) is 16.1. The second-order valence-electron chi connectivity index (χ2n) is 4.44. The summed E-state index contributed by atoms with van der Waals surface area (Å²) in [5.41, 5.74) is 0.860. The molecule has 0 amide bonds. The lowest BCUT2D eigenvalue weighted by molar-refractivity contribution is 0.422. The lowest BCUT2D eigenvalue weighted by Crippen LogP contribution is -2.32. The Morgan fingerprint density at radius 2 is 1.62 bits per heavy atom. The van der Waals surface area contributed by atoms with Gasteiger partial charge in [0.15, 0.2) is 0 Å². The summed E-state index contributed by atoms with van der Waals surface area (Å²) < 4.78 is 40.3. The third-order valence-electron chi connectivity index (χ3n) is 2.99. The molecule has 0 aliphatic heterocycles. The zero-order chi connectivity index (χ0) is 15.3. The van der Waals surface area contributed by atoms with Crippen molar-refractivity contribution >= 4 is 26.0 Å². The summed E-state index contributed by atoms with van der Waals surface area (Å²) in [4.78, 5) is -0.290. The first-order chi connectivity index (χ1) is 10.1. The Kier molecular flexibility index (Phi) is 5.50. The molecule has 0 aromatic heterocycles. The van der Waals surface area contributed by atoms with E-state index in [1.54, 1.807) is 0 Å². The molecule has 2 aromatic carbocycles. The van der Waals surface area contributed by atoms with Crippen molar-refractivity contribution < 1.29 is 12.8 Å². The number of benzene rings is 2. The highest BCUT2D eigenvalue weighted by Gasteiger charge is 2.26. The summed E-state index contributed by atoms with van der Waals surface area (Å²) >= 11 is 3.25. The molecule has 21 heavy (non-hydrogen) atoms. The molecule has 0 spiro atoms. The van der Waals surface area contributed by atoms with Crippen LogP contribution >= 0.6 is 15.9 Å². The predicted molar refractivity (Wildman–Crippen MR) is 84.2 cm³/mol. The largest absolute Gasteiger partial charge is 0.246 e. The van der Waals surface area contributed by atoms with Gasteiger partial charge in [0.1, 0.15) is 10.7 Å². The molecular formula is C15H15BrFNO2S. The Morgan fingerprint density at radius 3 is 2.24 bits per heavy atom. The first-order valence-electron chi connectivity index (χ1n) is 6.40. The summed E-state index contributed by atoms with van der Waals surface area (Å²) in [7, 11) is -3.86. The van der Waals surface area contributed by atoms with Gasteiger partial charge >= 0.3 is 0 Å². The lowest BCUT2D eigenvalue weighted by Gasteiger charge is -2.21. The van der Waals surface area contributed by atoms with Gasteiger partial charge in [-0.1, -0.05) is 58.4 Å². The maximum atomic E-state index is 13.8. The second-order valence-corrected chi connectivity index (χ2v) is 7.14. The smallest absolute Gasteiger partial charge is 0.207 e. The van der Waals surface area contributed by atoms with E-state index in [-0.39, 0.29) is 18.0 Å². The van der Waals surface area contributed by atoms with Crippen molar-refractivity contribution in [2.45, 2.75) is 11.4 Å².